The Morgan fingerprint density at radius 1 is 0.828 bits per heavy atom. The summed E-state index contributed by atoms with van der Waals surface area (Å²) >= 11 is 4.11. The molecule has 0 bridgehead atoms. The first kappa shape index (κ1) is 22.0. The third-order valence-corrected chi connectivity index (χ3v) is 7.72. The van der Waals surface area contributed by atoms with Crippen molar-refractivity contribution in [3.05, 3.63) is 71.9 Å². The highest BCUT2D eigenvalue weighted by Gasteiger charge is 2.17. The van der Waals surface area contributed by atoms with Gasteiger partial charge in [0.15, 0.2) is 0 Å². The lowest BCUT2D eigenvalue weighted by molar-refractivity contribution is 0.299. The zero-order valence-corrected chi connectivity index (χ0v) is 19.1. The van der Waals surface area contributed by atoms with E-state index in [9.17, 15) is 0 Å². The Labute approximate surface area is 183 Å². The van der Waals surface area contributed by atoms with Crippen LogP contribution in [0.4, 0.5) is 0 Å². The Bertz CT molecular complexity index is 873. The Kier molecular flexibility index (Phi) is 9.23. The number of ether oxygens (including phenoxy) is 1. The van der Waals surface area contributed by atoms with Gasteiger partial charge < -0.3 is 4.74 Å². The molecule has 0 saturated carbocycles. The Hall–Kier alpha value is -1.65. The lowest BCUT2D eigenvalue weighted by atomic mass is 10.2. The average Bonchev–Trinajstić information content (AvgIpc) is 2.77. The molecule has 4 heteroatoms. The number of benzene rings is 2. The summed E-state index contributed by atoms with van der Waals surface area (Å²) in [6.45, 7) is 5.01. The second-order valence-electron chi connectivity index (χ2n) is 7.10. The first-order valence-corrected chi connectivity index (χ1v) is 12.7. The fraction of sp³-hybridized carbons (Fsp3) is 0.400. The van der Waals surface area contributed by atoms with Crippen molar-refractivity contribution in [1.82, 2.24) is 4.98 Å². The smallest absolute Gasteiger partial charge is 0.130 e. The second kappa shape index (κ2) is 12.1. The van der Waals surface area contributed by atoms with Crippen molar-refractivity contribution in [3.63, 3.8) is 0 Å². The number of rotatable bonds is 12. The predicted molar refractivity (Wildman–Crippen MR) is 130 cm³/mol. The minimum atomic E-state index is 0.425. The molecule has 0 N–H and O–H groups in total. The molecule has 0 fully saturated rings. The average molecular weight is 426 g/mol. The van der Waals surface area contributed by atoms with Crippen molar-refractivity contribution in [2.75, 3.05) is 11.5 Å². The number of unbranched alkanes of at least 4 members (excludes halogenated alkanes) is 2. The quantitative estimate of drug-likeness (QED) is 0.217. The van der Waals surface area contributed by atoms with Gasteiger partial charge in [-0.25, -0.2) is 4.98 Å². The van der Waals surface area contributed by atoms with Gasteiger partial charge >= 0.3 is 0 Å². The predicted octanol–water partition coefficient (Wildman–Crippen LogP) is 7.88. The van der Waals surface area contributed by atoms with Gasteiger partial charge in [-0.1, -0.05) is 69.2 Å². The van der Waals surface area contributed by atoms with Gasteiger partial charge in [-0.05, 0) is 42.5 Å². The molecule has 2 aromatic carbocycles. The molecule has 0 amide bonds. The van der Waals surface area contributed by atoms with Gasteiger partial charge in [0, 0.05) is 10.9 Å². The molecule has 0 radical (unpaired) electrons. The molecule has 0 aliphatic heterocycles. The minimum Gasteiger partial charge on any atom is -0.487 e. The summed E-state index contributed by atoms with van der Waals surface area (Å²) in [7, 11) is 0. The van der Waals surface area contributed by atoms with Crippen LogP contribution in [-0.4, -0.2) is 16.5 Å². The molecule has 0 unspecified atom stereocenters. The van der Waals surface area contributed by atoms with Crippen molar-refractivity contribution in [3.8, 4) is 5.75 Å². The lowest BCUT2D eigenvalue weighted by Crippen LogP contribution is -2.02. The van der Waals surface area contributed by atoms with Gasteiger partial charge in [0.05, 0.1) is 15.8 Å². The minimum absolute atomic E-state index is 0.425. The van der Waals surface area contributed by atoms with Gasteiger partial charge in [0.1, 0.15) is 12.4 Å². The Morgan fingerprint density at radius 2 is 1.52 bits per heavy atom. The molecule has 0 atom stereocenters. The maximum absolute atomic E-state index is 6.28. The summed E-state index contributed by atoms with van der Waals surface area (Å²) in [6, 6.07) is 20.9. The molecule has 0 aliphatic carbocycles. The van der Waals surface area contributed by atoms with E-state index in [1.54, 1.807) is 0 Å². The van der Waals surface area contributed by atoms with E-state index in [4.69, 9.17) is 9.72 Å². The number of para-hydroxylation sites is 2. The van der Waals surface area contributed by atoms with Crippen LogP contribution in [0.1, 0.15) is 55.4 Å². The monoisotopic (exact) mass is 425 g/mol. The molecule has 0 saturated heterocycles. The fourth-order valence-electron chi connectivity index (χ4n) is 3.04. The zero-order chi connectivity index (χ0) is 20.3. The molecule has 1 heterocycles. The standard InChI is InChI=1S/C25H31NOS2/c1-3-5-17-28-25(29-18-6-4-2)22-12-8-10-14-24(22)27-19-21-16-15-20-11-7-9-13-23(20)26-21/h7-16,25H,3-6,17-19H2,1-2H3. The van der Waals surface area contributed by atoms with Crippen LogP contribution in [0.5, 0.6) is 5.75 Å². The highest BCUT2D eigenvalue weighted by Crippen LogP contribution is 2.44. The molecule has 2 nitrogen and oxygen atoms in total. The van der Waals surface area contributed by atoms with Crippen LogP contribution in [0.3, 0.4) is 0 Å². The van der Waals surface area contributed by atoms with Crippen LogP contribution in [0.2, 0.25) is 0 Å². The Morgan fingerprint density at radius 3 is 2.28 bits per heavy atom. The summed E-state index contributed by atoms with van der Waals surface area (Å²) in [6.07, 6.45) is 5.01. The molecule has 29 heavy (non-hydrogen) atoms. The molecule has 0 spiro atoms. The lowest BCUT2D eigenvalue weighted by Gasteiger charge is -2.20. The zero-order valence-electron chi connectivity index (χ0n) is 17.5. The summed E-state index contributed by atoms with van der Waals surface area (Å²) in [5.74, 6) is 3.38. The van der Waals surface area contributed by atoms with Gasteiger partial charge in [-0.2, -0.15) is 0 Å². The van der Waals surface area contributed by atoms with Crippen LogP contribution in [0.25, 0.3) is 10.9 Å². The summed E-state index contributed by atoms with van der Waals surface area (Å²) in [5.41, 5.74) is 3.29. The maximum Gasteiger partial charge on any atom is 0.130 e. The molecular formula is C25H31NOS2. The first-order valence-electron chi connectivity index (χ1n) is 10.6. The number of fused-ring (bicyclic) bond motifs is 1. The van der Waals surface area contributed by atoms with E-state index in [2.05, 4.69) is 85.9 Å². The van der Waals surface area contributed by atoms with E-state index in [1.807, 2.05) is 12.1 Å². The highest BCUT2D eigenvalue weighted by atomic mass is 32.2. The summed E-state index contributed by atoms with van der Waals surface area (Å²) < 4.78 is 6.70. The van der Waals surface area contributed by atoms with Gasteiger partial charge in [0.25, 0.3) is 0 Å². The molecular weight excluding hydrogens is 394 g/mol. The number of hydrogen-bond acceptors (Lipinski definition) is 4. The van der Waals surface area contributed by atoms with E-state index < -0.39 is 0 Å². The first-order chi connectivity index (χ1) is 14.3. The summed E-state index contributed by atoms with van der Waals surface area (Å²) in [4.78, 5) is 4.75. The van der Waals surface area contributed by atoms with E-state index in [0.717, 1.165) is 22.3 Å². The molecule has 154 valence electrons. The normalized spacial score (nSPS) is 11.3. The van der Waals surface area contributed by atoms with E-state index in [1.165, 1.54) is 42.8 Å². The highest BCUT2D eigenvalue weighted by molar-refractivity contribution is 8.16. The summed E-state index contributed by atoms with van der Waals surface area (Å²) in [5, 5.41) is 1.16. The van der Waals surface area contributed by atoms with Gasteiger partial charge in [0.2, 0.25) is 0 Å². The number of pyridine rings is 1. The van der Waals surface area contributed by atoms with Crippen molar-refractivity contribution in [1.29, 1.82) is 0 Å². The largest absolute Gasteiger partial charge is 0.487 e. The van der Waals surface area contributed by atoms with E-state index >= 15 is 0 Å². The second-order valence-corrected chi connectivity index (χ2v) is 9.83. The Balaban J connectivity index is 1.72. The number of aromatic nitrogens is 1. The third-order valence-electron chi connectivity index (χ3n) is 4.74. The fourth-order valence-corrected chi connectivity index (χ4v) is 6.09. The van der Waals surface area contributed by atoms with Crippen LogP contribution < -0.4 is 4.74 Å². The van der Waals surface area contributed by atoms with Gasteiger partial charge in [-0.3, -0.25) is 0 Å². The molecule has 0 aliphatic rings. The SMILES string of the molecule is CCCCSC(SCCCC)c1ccccc1OCc1ccc2ccccc2n1. The third kappa shape index (κ3) is 6.68. The van der Waals surface area contributed by atoms with Crippen molar-refractivity contribution in [2.45, 2.75) is 50.7 Å². The number of thioether (sulfide) groups is 2. The van der Waals surface area contributed by atoms with Crippen LogP contribution in [-0.2, 0) is 6.61 Å². The van der Waals surface area contributed by atoms with E-state index in [-0.39, 0.29) is 0 Å². The van der Waals surface area contributed by atoms with Crippen LogP contribution in [0, 0.1) is 0 Å². The number of hydrogen-bond donors (Lipinski definition) is 0. The number of nitrogens with zero attached hydrogens (tertiary/aromatic N) is 1. The van der Waals surface area contributed by atoms with Crippen molar-refractivity contribution < 1.29 is 4.74 Å². The topological polar surface area (TPSA) is 22.1 Å². The molecule has 1 aromatic heterocycles. The van der Waals surface area contributed by atoms with Crippen molar-refractivity contribution in [2.24, 2.45) is 0 Å². The molecule has 3 aromatic rings. The van der Waals surface area contributed by atoms with Crippen LogP contribution in [0.15, 0.2) is 60.7 Å². The van der Waals surface area contributed by atoms with E-state index in [0.29, 0.717) is 11.2 Å². The van der Waals surface area contributed by atoms with Gasteiger partial charge in [-0.15, -0.1) is 23.5 Å². The molecule has 3 rings (SSSR count). The van der Waals surface area contributed by atoms with Crippen LogP contribution >= 0.6 is 23.5 Å². The maximum atomic E-state index is 6.28. The van der Waals surface area contributed by atoms with Crippen molar-refractivity contribution >= 4 is 34.4 Å².